The lowest BCUT2D eigenvalue weighted by Crippen LogP contribution is -2.45. The highest BCUT2D eigenvalue weighted by Crippen LogP contribution is 2.22. The van der Waals surface area contributed by atoms with Crippen molar-refractivity contribution in [3.05, 3.63) is 53.9 Å². The summed E-state index contributed by atoms with van der Waals surface area (Å²) in [6.45, 7) is 6.92. The Balaban J connectivity index is 1.45. The van der Waals surface area contributed by atoms with Crippen LogP contribution >= 0.6 is 0 Å². The maximum atomic E-state index is 12.7. The largest absolute Gasteiger partial charge is 0.494 e. The molecule has 1 aliphatic rings. The van der Waals surface area contributed by atoms with E-state index in [4.69, 9.17) is 4.74 Å². The van der Waals surface area contributed by atoms with Gasteiger partial charge in [-0.05, 0) is 38.2 Å². The van der Waals surface area contributed by atoms with Crippen molar-refractivity contribution in [3.63, 3.8) is 0 Å². The lowest BCUT2D eigenvalue weighted by Gasteiger charge is -2.34. The molecule has 1 aliphatic heterocycles. The molecule has 4 rings (SSSR count). The summed E-state index contributed by atoms with van der Waals surface area (Å²) < 4.78 is 5.53. The van der Waals surface area contributed by atoms with Crippen molar-refractivity contribution < 1.29 is 9.53 Å². The van der Waals surface area contributed by atoms with E-state index in [0.29, 0.717) is 18.8 Å². The van der Waals surface area contributed by atoms with Gasteiger partial charge in [-0.2, -0.15) is 0 Å². The number of likely N-dealkylation sites (N-methyl/N-ethyl adjacent to an activating group) is 1. The number of anilines is 1. The summed E-state index contributed by atoms with van der Waals surface area (Å²) in [5, 5.41) is 4.01. The number of rotatable bonds is 6. The van der Waals surface area contributed by atoms with Crippen LogP contribution in [0.4, 0.5) is 5.82 Å². The van der Waals surface area contributed by atoms with Gasteiger partial charge >= 0.3 is 0 Å². The van der Waals surface area contributed by atoms with Crippen LogP contribution < -0.4 is 15.0 Å². The predicted molar refractivity (Wildman–Crippen MR) is 115 cm³/mol. The maximum Gasteiger partial charge on any atom is 0.267 e. The van der Waals surface area contributed by atoms with Crippen molar-refractivity contribution in [3.8, 4) is 5.75 Å². The van der Waals surface area contributed by atoms with Crippen molar-refractivity contribution in [2.45, 2.75) is 13.5 Å². The molecule has 0 radical (unpaired) electrons. The third-order valence-corrected chi connectivity index (χ3v) is 5.26. The van der Waals surface area contributed by atoms with E-state index in [1.807, 2.05) is 49.5 Å². The topological polar surface area (TPSA) is 73.5 Å². The maximum absolute atomic E-state index is 12.7. The zero-order chi connectivity index (χ0) is 20.2. The second kappa shape index (κ2) is 8.53. The molecule has 3 aromatic rings. The summed E-state index contributed by atoms with van der Waals surface area (Å²) in [5.41, 5.74) is 2.46. The number of fused-ring (bicyclic) bond motifs is 1. The van der Waals surface area contributed by atoms with E-state index < -0.39 is 0 Å². The van der Waals surface area contributed by atoms with Crippen molar-refractivity contribution in [1.82, 2.24) is 20.2 Å². The minimum atomic E-state index is -0.132. The van der Waals surface area contributed by atoms with Gasteiger partial charge in [0.15, 0.2) is 0 Å². The third kappa shape index (κ3) is 4.35. The van der Waals surface area contributed by atoms with Crippen LogP contribution in [0, 0.1) is 0 Å². The van der Waals surface area contributed by atoms with Gasteiger partial charge in [0.25, 0.3) is 5.91 Å². The van der Waals surface area contributed by atoms with Crippen LogP contribution in [0.3, 0.4) is 0 Å². The standard InChI is InChI=1S/C22H27N5O2/c1-3-29-18-7-6-16-13-20(25-19(16)14-18)22(28)24-15-17-5-4-8-23-21(17)27-11-9-26(2)10-12-27/h4-8,13-14,25H,3,9-12,15H2,1-2H3,(H,24,28). The fourth-order valence-electron chi connectivity index (χ4n) is 3.63. The number of nitrogens with one attached hydrogen (secondary N) is 2. The number of carbonyl (C=O) groups excluding carboxylic acids is 1. The first-order valence-corrected chi connectivity index (χ1v) is 10.0. The molecule has 0 bridgehead atoms. The second-order valence-electron chi connectivity index (χ2n) is 7.32. The van der Waals surface area contributed by atoms with Crippen molar-refractivity contribution in [2.24, 2.45) is 0 Å². The van der Waals surface area contributed by atoms with Gasteiger partial charge in [0.1, 0.15) is 17.3 Å². The summed E-state index contributed by atoms with van der Waals surface area (Å²) in [5.74, 6) is 1.62. The summed E-state index contributed by atoms with van der Waals surface area (Å²) in [6.07, 6.45) is 1.81. The van der Waals surface area contributed by atoms with E-state index in [2.05, 4.69) is 32.1 Å². The van der Waals surface area contributed by atoms with Crippen LogP contribution in [-0.2, 0) is 6.54 Å². The fraction of sp³-hybridized carbons (Fsp3) is 0.364. The Labute approximate surface area is 170 Å². The highest BCUT2D eigenvalue weighted by atomic mass is 16.5. The SMILES string of the molecule is CCOc1ccc2cc(C(=O)NCc3cccnc3N3CCN(C)CC3)[nH]c2c1. The third-order valence-electron chi connectivity index (χ3n) is 5.26. The van der Waals surface area contributed by atoms with Gasteiger partial charge in [0.2, 0.25) is 0 Å². The first-order valence-electron chi connectivity index (χ1n) is 10.0. The van der Waals surface area contributed by atoms with Crippen molar-refractivity contribution in [1.29, 1.82) is 0 Å². The van der Waals surface area contributed by atoms with Gasteiger partial charge in [-0.25, -0.2) is 4.98 Å². The van der Waals surface area contributed by atoms with Crippen LogP contribution in [0.1, 0.15) is 23.0 Å². The Hall–Kier alpha value is -3.06. The van der Waals surface area contributed by atoms with Crippen LogP contribution in [0.15, 0.2) is 42.6 Å². The number of benzene rings is 1. The highest BCUT2D eigenvalue weighted by molar-refractivity contribution is 5.98. The molecule has 152 valence electrons. The van der Waals surface area contributed by atoms with Crippen LogP contribution in [0.25, 0.3) is 10.9 Å². The van der Waals surface area contributed by atoms with Crippen LogP contribution in [0.5, 0.6) is 5.75 Å². The Morgan fingerprint density at radius 3 is 2.83 bits per heavy atom. The summed E-state index contributed by atoms with van der Waals surface area (Å²) in [4.78, 5) is 25.1. The average Bonchev–Trinajstić information content (AvgIpc) is 3.17. The zero-order valence-corrected chi connectivity index (χ0v) is 16.9. The Morgan fingerprint density at radius 1 is 1.21 bits per heavy atom. The van der Waals surface area contributed by atoms with Crippen molar-refractivity contribution in [2.75, 3.05) is 44.7 Å². The molecule has 0 spiro atoms. The van der Waals surface area contributed by atoms with E-state index in [1.165, 1.54) is 0 Å². The minimum absolute atomic E-state index is 0.132. The number of piperazine rings is 1. The van der Waals surface area contributed by atoms with E-state index in [0.717, 1.165) is 54.2 Å². The number of aromatic amines is 1. The quantitative estimate of drug-likeness (QED) is 0.674. The smallest absolute Gasteiger partial charge is 0.267 e. The second-order valence-corrected chi connectivity index (χ2v) is 7.32. The van der Waals surface area contributed by atoms with Gasteiger partial charge in [-0.3, -0.25) is 4.79 Å². The summed E-state index contributed by atoms with van der Waals surface area (Å²) in [6, 6.07) is 11.6. The Bertz CT molecular complexity index is 992. The lowest BCUT2D eigenvalue weighted by molar-refractivity contribution is 0.0947. The molecule has 1 aromatic carbocycles. The molecule has 7 heteroatoms. The monoisotopic (exact) mass is 393 g/mol. The van der Waals surface area contributed by atoms with Gasteiger partial charge in [0, 0.05) is 61.5 Å². The number of hydrogen-bond acceptors (Lipinski definition) is 5. The van der Waals surface area contributed by atoms with Gasteiger partial charge < -0.3 is 24.8 Å². The predicted octanol–water partition coefficient (Wildman–Crippen LogP) is 2.64. The summed E-state index contributed by atoms with van der Waals surface area (Å²) >= 11 is 0. The number of amides is 1. The first-order chi connectivity index (χ1) is 14.1. The molecular formula is C22H27N5O2. The van der Waals surface area contributed by atoms with Gasteiger partial charge in [-0.1, -0.05) is 6.07 Å². The molecule has 0 atom stereocenters. The Morgan fingerprint density at radius 2 is 2.03 bits per heavy atom. The molecule has 1 saturated heterocycles. The molecule has 1 fully saturated rings. The van der Waals surface area contributed by atoms with Crippen LogP contribution in [-0.4, -0.2) is 60.6 Å². The molecule has 7 nitrogen and oxygen atoms in total. The molecule has 1 amide bonds. The summed E-state index contributed by atoms with van der Waals surface area (Å²) in [7, 11) is 2.13. The zero-order valence-electron chi connectivity index (χ0n) is 16.9. The number of aromatic nitrogens is 2. The minimum Gasteiger partial charge on any atom is -0.494 e. The highest BCUT2D eigenvalue weighted by Gasteiger charge is 2.18. The molecule has 3 heterocycles. The van der Waals surface area contributed by atoms with E-state index in [9.17, 15) is 4.79 Å². The Kier molecular flexibility index (Phi) is 5.67. The van der Waals surface area contributed by atoms with E-state index in [-0.39, 0.29) is 5.91 Å². The molecule has 2 N–H and O–H groups in total. The van der Waals surface area contributed by atoms with E-state index in [1.54, 1.807) is 0 Å². The van der Waals surface area contributed by atoms with Crippen molar-refractivity contribution >= 4 is 22.6 Å². The fourth-order valence-corrected chi connectivity index (χ4v) is 3.63. The lowest BCUT2D eigenvalue weighted by atomic mass is 10.2. The first kappa shape index (κ1) is 19.3. The van der Waals surface area contributed by atoms with Gasteiger partial charge in [-0.15, -0.1) is 0 Å². The van der Waals surface area contributed by atoms with Crippen LogP contribution in [0.2, 0.25) is 0 Å². The number of carbonyl (C=O) groups is 1. The molecular weight excluding hydrogens is 366 g/mol. The number of H-pyrrole nitrogens is 1. The average molecular weight is 393 g/mol. The molecule has 29 heavy (non-hydrogen) atoms. The number of hydrogen-bond donors (Lipinski definition) is 2. The molecule has 0 aliphatic carbocycles. The van der Waals surface area contributed by atoms with E-state index >= 15 is 0 Å². The number of pyridine rings is 1. The molecule has 0 saturated carbocycles. The van der Waals surface area contributed by atoms with Gasteiger partial charge in [0.05, 0.1) is 6.61 Å². The number of nitrogens with zero attached hydrogens (tertiary/aromatic N) is 3. The molecule has 2 aromatic heterocycles. The normalized spacial score (nSPS) is 14.9. The number of ether oxygens (including phenoxy) is 1. The molecule has 0 unspecified atom stereocenters.